The number of hydrogen-bond acceptors (Lipinski definition) is 4. The molecule has 0 atom stereocenters. The Bertz CT molecular complexity index is 2140. The molecule has 1 heterocycles. The van der Waals surface area contributed by atoms with E-state index >= 15 is 0 Å². The lowest BCUT2D eigenvalue weighted by Gasteiger charge is -2.28. The van der Waals surface area contributed by atoms with Gasteiger partial charge in [-0.25, -0.2) is 0 Å². The predicted octanol–water partition coefficient (Wildman–Crippen LogP) is 10.1. The van der Waals surface area contributed by atoms with Crippen molar-refractivity contribution in [1.82, 2.24) is 0 Å². The first-order chi connectivity index (χ1) is 23.6. The molecule has 0 amide bonds. The largest absolute Gasteiger partial charge is 0.343 e. The Morgan fingerprint density at radius 3 is 1.06 bits per heavy atom. The van der Waals surface area contributed by atoms with Crippen LogP contribution in [0.2, 0.25) is 0 Å². The van der Waals surface area contributed by atoms with Gasteiger partial charge in [0.05, 0.1) is 0 Å². The third kappa shape index (κ3) is 6.46. The normalized spacial score (nSPS) is 12.5. The second-order valence-electron chi connectivity index (χ2n) is 11.8. The SMILES string of the molecule is O=Cc1ccc(-c2ccc(C3=CN(c4ccc(-c5ccc(C=O)cc5)cc4)CC(c4ccc(-c5ccc(C=O)cc5)cc4)=C3)cc2)cc1. The monoisotopic (exact) mass is 621 g/mol. The molecule has 0 N–H and O–H groups in total. The van der Waals surface area contributed by atoms with Crippen LogP contribution in [0.3, 0.4) is 0 Å². The van der Waals surface area contributed by atoms with Crippen molar-refractivity contribution >= 4 is 35.7 Å². The Labute approximate surface area is 279 Å². The number of hydrogen-bond donors (Lipinski definition) is 0. The van der Waals surface area contributed by atoms with Gasteiger partial charge < -0.3 is 4.90 Å². The molecular formula is C44H31NO3. The molecule has 0 unspecified atom stereocenters. The van der Waals surface area contributed by atoms with Crippen molar-refractivity contribution in [2.24, 2.45) is 0 Å². The summed E-state index contributed by atoms with van der Waals surface area (Å²) in [5.74, 6) is 0. The van der Waals surface area contributed by atoms with Crippen molar-refractivity contribution in [3.05, 3.63) is 186 Å². The third-order valence-electron chi connectivity index (χ3n) is 8.78. The molecule has 1 aliphatic rings. The summed E-state index contributed by atoms with van der Waals surface area (Å²) < 4.78 is 0. The summed E-state index contributed by atoms with van der Waals surface area (Å²) in [6.07, 6.45) is 7.04. The smallest absolute Gasteiger partial charge is 0.150 e. The van der Waals surface area contributed by atoms with Gasteiger partial charge in [-0.3, -0.25) is 14.4 Å². The van der Waals surface area contributed by atoms with Crippen molar-refractivity contribution < 1.29 is 14.4 Å². The van der Waals surface area contributed by atoms with E-state index < -0.39 is 0 Å². The number of anilines is 1. The molecular weight excluding hydrogens is 590 g/mol. The molecule has 6 aromatic rings. The van der Waals surface area contributed by atoms with Gasteiger partial charge in [-0.15, -0.1) is 0 Å². The van der Waals surface area contributed by atoms with Crippen molar-refractivity contribution in [1.29, 1.82) is 0 Å². The Morgan fingerprint density at radius 1 is 0.375 bits per heavy atom. The molecule has 0 radical (unpaired) electrons. The average Bonchev–Trinajstić information content (AvgIpc) is 3.18. The number of carbonyl (C=O) groups excluding carboxylic acids is 3. The highest BCUT2D eigenvalue weighted by Gasteiger charge is 2.17. The maximum atomic E-state index is 11.1. The van der Waals surface area contributed by atoms with Crippen LogP contribution in [-0.4, -0.2) is 25.4 Å². The first-order valence-electron chi connectivity index (χ1n) is 15.8. The van der Waals surface area contributed by atoms with Crippen LogP contribution in [0.1, 0.15) is 42.2 Å². The van der Waals surface area contributed by atoms with Gasteiger partial charge in [0.2, 0.25) is 0 Å². The zero-order valence-electron chi connectivity index (χ0n) is 26.1. The van der Waals surface area contributed by atoms with Gasteiger partial charge in [-0.1, -0.05) is 133 Å². The molecule has 0 bridgehead atoms. The van der Waals surface area contributed by atoms with Crippen molar-refractivity contribution in [2.45, 2.75) is 0 Å². The quantitative estimate of drug-likeness (QED) is 0.151. The number of carbonyl (C=O) groups is 3. The molecule has 4 nitrogen and oxygen atoms in total. The predicted molar refractivity (Wildman–Crippen MR) is 195 cm³/mol. The summed E-state index contributed by atoms with van der Waals surface area (Å²) in [6, 6.07) is 48.5. The van der Waals surface area contributed by atoms with Crippen LogP contribution >= 0.6 is 0 Å². The Kier molecular flexibility index (Phi) is 8.54. The molecule has 0 aliphatic carbocycles. The summed E-state index contributed by atoms with van der Waals surface area (Å²) in [4.78, 5) is 35.6. The van der Waals surface area contributed by atoms with Crippen molar-refractivity contribution in [3.63, 3.8) is 0 Å². The number of benzene rings is 6. The molecule has 0 aromatic heterocycles. The van der Waals surface area contributed by atoms with Gasteiger partial charge in [-0.05, 0) is 73.9 Å². The second-order valence-corrected chi connectivity index (χ2v) is 11.8. The highest BCUT2D eigenvalue weighted by molar-refractivity contribution is 5.91. The van der Waals surface area contributed by atoms with Gasteiger partial charge in [0, 0.05) is 35.1 Å². The van der Waals surface area contributed by atoms with Crippen molar-refractivity contribution in [3.8, 4) is 33.4 Å². The minimum Gasteiger partial charge on any atom is -0.343 e. The van der Waals surface area contributed by atoms with Gasteiger partial charge in [0.1, 0.15) is 18.9 Å². The van der Waals surface area contributed by atoms with Crippen molar-refractivity contribution in [2.75, 3.05) is 11.4 Å². The fraction of sp³-hybridized carbons (Fsp3) is 0.0227. The zero-order valence-corrected chi connectivity index (χ0v) is 26.1. The highest BCUT2D eigenvalue weighted by Crippen LogP contribution is 2.34. The molecule has 0 fully saturated rings. The molecule has 7 rings (SSSR count). The van der Waals surface area contributed by atoms with Crippen LogP contribution < -0.4 is 4.90 Å². The van der Waals surface area contributed by atoms with E-state index in [4.69, 9.17) is 0 Å². The van der Waals surface area contributed by atoms with E-state index in [-0.39, 0.29) is 0 Å². The number of rotatable bonds is 9. The topological polar surface area (TPSA) is 54.5 Å². The molecule has 48 heavy (non-hydrogen) atoms. The summed E-state index contributed by atoms with van der Waals surface area (Å²) >= 11 is 0. The summed E-state index contributed by atoms with van der Waals surface area (Å²) in [5, 5.41) is 0. The standard InChI is InChI=1S/C44H31NO3/c46-28-31-1-7-34(8-2-31)37-13-17-40(18-14-37)42-25-43(41-19-15-38(16-20-41)35-9-3-32(29-47)4-10-35)27-45(26-42)44-23-21-39(22-24-44)36-11-5-33(30-48)6-12-36/h1-26,28-30H,27H2. The summed E-state index contributed by atoms with van der Waals surface area (Å²) in [6.45, 7) is 0.700. The maximum Gasteiger partial charge on any atom is 0.150 e. The van der Waals surface area contributed by atoms with E-state index in [1.165, 1.54) is 5.57 Å². The van der Waals surface area contributed by atoms with Crippen LogP contribution in [0, 0.1) is 0 Å². The van der Waals surface area contributed by atoms with E-state index in [1.54, 1.807) is 0 Å². The Hall–Kier alpha value is -6.39. The van der Waals surface area contributed by atoms with Gasteiger partial charge in [-0.2, -0.15) is 0 Å². The van der Waals surface area contributed by atoms with Crippen LogP contribution in [0.4, 0.5) is 5.69 Å². The highest BCUT2D eigenvalue weighted by atomic mass is 16.1. The number of allylic oxidation sites excluding steroid dienone is 2. The van der Waals surface area contributed by atoms with E-state index in [0.717, 1.165) is 74.6 Å². The van der Waals surface area contributed by atoms with E-state index in [2.05, 4.69) is 90.0 Å². The average molecular weight is 622 g/mol. The van der Waals surface area contributed by atoms with E-state index in [0.29, 0.717) is 23.2 Å². The van der Waals surface area contributed by atoms with Gasteiger partial charge in [0.15, 0.2) is 0 Å². The maximum absolute atomic E-state index is 11.1. The Balaban J connectivity index is 1.21. The minimum absolute atomic E-state index is 0.660. The number of nitrogens with zero attached hydrogens (tertiary/aromatic N) is 1. The van der Waals surface area contributed by atoms with E-state index in [9.17, 15) is 14.4 Å². The molecule has 1 aliphatic heterocycles. The zero-order chi connectivity index (χ0) is 32.9. The second kappa shape index (κ2) is 13.5. The van der Waals surface area contributed by atoms with E-state index in [1.807, 2.05) is 72.8 Å². The lowest BCUT2D eigenvalue weighted by molar-refractivity contribution is 0.111. The summed E-state index contributed by atoms with van der Waals surface area (Å²) in [7, 11) is 0. The number of aldehydes is 3. The van der Waals surface area contributed by atoms with Gasteiger partial charge in [0.25, 0.3) is 0 Å². The molecule has 6 aromatic carbocycles. The fourth-order valence-corrected chi connectivity index (χ4v) is 6.01. The van der Waals surface area contributed by atoms with Crippen LogP contribution in [0.15, 0.2) is 158 Å². The first kappa shape index (κ1) is 30.3. The Morgan fingerprint density at radius 2 is 0.688 bits per heavy atom. The van der Waals surface area contributed by atoms with Crippen LogP contribution in [-0.2, 0) is 0 Å². The summed E-state index contributed by atoms with van der Waals surface area (Å²) in [5.41, 5.74) is 14.0. The molecule has 4 heteroatoms. The van der Waals surface area contributed by atoms with Crippen LogP contribution in [0.25, 0.3) is 44.5 Å². The molecule has 0 saturated heterocycles. The molecule has 0 spiro atoms. The lowest BCUT2D eigenvalue weighted by Crippen LogP contribution is -2.22. The fourth-order valence-electron chi connectivity index (χ4n) is 6.01. The molecule has 0 saturated carbocycles. The van der Waals surface area contributed by atoms with Gasteiger partial charge >= 0.3 is 0 Å². The first-order valence-corrected chi connectivity index (χ1v) is 15.8. The third-order valence-corrected chi connectivity index (χ3v) is 8.78. The lowest BCUT2D eigenvalue weighted by atomic mass is 9.93. The minimum atomic E-state index is 0.660. The van der Waals surface area contributed by atoms with Crippen LogP contribution in [0.5, 0.6) is 0 Å². The molecule has 230 valence electrons.